The van der Waals surface area contributed by atoms with E-state index >= 15 is 0 Å². The van der Waals surface area contributed by atoms with E-state index in [-0.39, 0.29) is 0 Å². The molecule has 0 saturated heterocycles. The molecule has 0 bridgehead atoms. The van der Waals surface area contributed by atoms with Crippen molar-refractivity contribution in [3.05, 3.63) is 42.5 Å². The molecular formula is C13H15NO. The summed E-state index contributed by atoms with van der Waals surface area (Å²) in [7, 11) is 0. The first-order chi connectivity index (χ1) is 7.38. The summed E-state index contributed by atoms with van der Waals surface area (Å²) in [5.41, 5.74) is 1.11. The molecule has 0 aliphatic rings. The molecule has 0 aliphatic heterocycles. The molecule has 2 nitrogen and oxygen atoms in total. The highest BCUT2D eigenvalue weighted by Crippen LogP contribution is 2.17. The highest BCUT2D eigenvalue weighted by atomic mass is 16.5. The molecule has 1 aromatic rings. The molecule has 78 valence electrons. The van der Waals surface area contributed by atoms with Crippen molar-refractivity contribution in [2.24, 2.45) is 0 Å². The lowest BCUT2D eigenvalue weighted by Gasteiger charge is -2.09. The number of rotatable bonds is 6. The van der Waals surface area contributed by atoms with Gasteiger partial charge < -0.3 is 10.1 Å². The van der Waals surface area contributed by atoms with Gasteiger partial charge in [-0.2, -0.15) is 0 Å². The van der Waals surface area contributed by atoms with Crippen LogP contribution in [-0.4, -0.2) is 13.2 Å². The second-order valence-corrected chi connectivity index (χ2v) is 3.02. The van der Waals surface area contributed by atoms with Crippen LogP contribution < -0.4 is 10.1 Å². The van der Waals surface area contributed by atoms with Crippen LogP contribution in [0.5, 0.6) is 5.75 Å². The van der Waals surface area contributed by atoms with Gasteiger partial charge in [-0.25, -0.2) is 0 Å². The van der Waals surface area contributed by atoms with Gasteiger partial charge in [0.2, 0.25) is 0 Å². The molecule has 0 radical (unpaired) electrons. The second kappa shape index (κ2) is 6.69. The largest absolute Gasteiger partial charge is 0.481 e. The Morgan fingerprint density at radius 3 is 3.00 bits per heavy atom. The third-order valence-electron chi connectivity index (χ3n) is 1.89. The van der Waals surface area contributed by atoms with E-state index in [4.69, 9.17) is 11.2 Å². The van der Waals surface area contributed by atoms with Crippen LogP contribution in [0.4, 0.5) is 0 Å². The van der Waals surface area contributed by atoms with Crippen molar-refractivity contribution in [2.75, 3.05) is 13.2 Å². The highest BCUT2D eigenvalue weighted by Gasteiger charge is 2.00. The molecule has 15 heavy (non-hydrogen) atoms. The van der Waals surface area contributed by atoms with E-state index in [2.05, 4.69) is 17.8 Å². The molecule has 1 N–H and O–H groups in total. The fraction of sp³-hybridized carbons (Fsp3) is 0.231. The molecule has 0 aromatic heterocycles. The number of hydrogen-bond donors (Lipinski definition) is 1. The zero-order valence-corrected chi connectivity index (χ0v) is 8.70. The number of ether oxygens (including phenoxy) is 1. The summed E-state index contributed by atoms with van der Waals surface area (Å²) >= 11 is 0. The molecule has 2 heteroatoms. The van der Waals surface area contributed by atoms with E-state index in [9.17, 15) is 0 Å². The van der Waals surface area contributed by atoms with Gasteiger partial charge in [0.1, 0.15) is 12.4 Å². The highest BCUT2D eigenvalue weighted by molar-refractivity contribution is 5.33. The standard InChI is InChI=1S/C13H15NO/c1-3-9-14-11-12-7-5-6-8-13(12)15-10-4-2/h2-3,5-8,14H,1,9-11H2. The predicted octanol–water partition coefficient (Wildman–Crippen LogP) is 1.97. The van der Waals surface area contributed by atoms with Crippen LogP contribution in [0.15, 0.2) is 36.9 Å². The average molecular weight is 201 g/mol. The Balaban J connectivity index is 2.60. The minimum Gasteiger partial charge on any atom is -0.481 e. The predicted molar refractivity (Wildman–Crippen MR) is 62.7 cm³/mol. The number of terminal acetylenes is 1. The average Bonchev–Trinajstić information content (AvgIpc) is 2.28. The van der Waals surface area contributed by atoms with E-state index < -0.39 is 0 Å². The summed E-state index contributed by atoms with van der Waals surface area (Å²) in [6, 6.07) is 7.85. The van der Waals surface area contributed by atoms with Gasteiger partial charge in [0.05, 0.1) is 0 Å². The fourth-order valence-electron chi connectivity index (χ4n) is 1.22. The Labute approximate surface area is 91.0 Å². The number of hydrogen-bond acceptors (Lipinski definition) is 2. The molecule has 0 saturated carbocycles. The van der Waals surface area contributed by atoms with Crippen LogP contribution in [0.1, 0.15) is 5.56 Å². The normalized spacial score (nSPS) is 9.27. The van der Waals surface area contributed by atoms with Crippen LogP contribution >= 0.6 is 0 Å². The first-order valence-corrected chi connectivity index (χ1v) is 4.84. The van der Waals surface area contributed by atoms with E-state index in [0.717, 1.165) is 24.4 Å². The van der Waals surface area contributed by atoms with Crippen LogP contribution in [-0.2, 0) is 6.54 Å². The number of benzene rings is 1. The van der Waals surface area contributed by atoms with Crippen molar-refractivity contribution in [2.45, 2.75) is 6.54 Å². The summed E-state index contributed by atoms with van der Waals surface area (Å²) in [4.78, 5) is 0. The van der Waals surface area contributed by atoms with Gasteiger partial charge in [-0.15, -0.1) is 13.0 Å². The Hall–Kier alpha value is -1.72. The molecule has 0 aliphatic carbocycles. The number of nitrogens with one attached hydrogen (secondary N) is 1. The van der Waals surface area contributed by atoms with Crippen molar-refractivity contribution in [1.29, 1.82) is 0 Å². The first kappa shape index (κ1) is 11.4. The first-order valence-electron chi connectivity index (χ1n) is 4.84. The van der Waals surface area contributed by atoms with Crippen LogP contribution in [0, 0.1) is 12.3 Å². The van der Waals surface area contributed by atoms with Crippen molar-refractivity contribution in [1.82, 2.24) is 5.32 Å². The van der Waals surface area contributed by atoms with Crippen LogP contribution in [0.25, 0.3) is 0 Å². The van der Waals surface area contributed by atoms with Gasteiger partial charge >= 0.3 is 0 Å². The maximum Gasteiger partial charge on any atom is 0.148 e. The lowest BCUT2D eigenvalue weighted by Crippen LogP contribution is -2.13. The van der Waals surface area contributed by atoms with E-state index in [0.29, 0.717) is 6.61 Å². The van der Waals surface area contributed by atoms with E-state index in [1.807, 2.05) is 30.3 Å². The van der Waals surface area contributed by atoms with Crippen molar-refractivity contribution < 1.29 is 4.74 Å². The fourth-order valence-corrected chi connectivity index (χ4v) is 1.22. The maximum atomic E-state index is 5.42. The summed E-state index contributed by atoms with van der Waals surface area (Å²) < 4.78 is 5.42. The van der Waals surface area contributed by atoms with Gasteiger partial charge in [0.25, 0.3) is 0 Å². The lowest BCUT2D eigenvalue weighted by atomic mass is 10.2. The summed E-state index contributed by atoms with van der Waals surface area (Å²) in [5.74, 6) is 3.29. The SMILES string of the molecule is C#CCOc1ccccc1CNCC=C. The summed E-state index contributed by atoms with van der Waals surface area (Å²) in [6.45, 7) is 5.49. The van der Waals surface area contributed by atoms with Gasteiger partial charge in [-0.1, -0.05) is 30.2 Å². The zero-order chi connectivity index (χ0) is 10.9. The smallest absolute Gasteiger partial charge is 0.148 e. The van der Waals surface area contributed by atoms with Gasteiger partial charge in [-0.05, 0) is 6.07 Å². The van der Waals surface area contributed by atoms with Crippen molar-refractivity contribution in [3.8, 4) is 18.1 Å². The second-order valence-electron chi connectivity index (χ2n) is 3.02. The lowest BCUT2D eigenvalue weighted by molar-refractivity contribution is 0.365. The third kappa shape index (κ3) is 3.88. The summed E-state index contributed by atoms with van der Waals surface area (Å²) in [5, 5.41) is 3.22. The molecule has 0 spiro atoms. The van der Waals surface area contributed by atoms with Gasteiger partial charge in [-0.3, -0.25) is 0 Å². The Morgan fingerprint density at radius 2 is 2.27 bits per heavy atom. The minimum atomic E-state index is 0.304. The molecule has 0 heterocycles. The van der Waals surface area contributed by atoms with Crippen LogP contribution in [0.2, 0.25) is 0 Å². The Morgan fingerprint density at radius 1 is 1.47 bits per heavy atom. The van der Waals surface area contributed by atoms with Gasteiger partial charge in [0, 0.05) is 18.7 Å². The van der Waals surface area contributed by atoms with Crippen LogP contribution in [0.3, 0.4) is 0 Å². The zero-order valence-electron chi connectivity index (χ0n) is 8.70. The van der Waals surface area contributed by atoms with E-state index in [1.54, 1.807) is 0 Å². The Kier molecular flexibility index (Phi) is 5.07. The molecule has 0 amide bonds. The quantitative estimate of drug-likeness (QED) is 0.431. The molecule has 1 aromatic carbocycles. The maximum absolute atomic E-state index is 5.42. The van der Waals surface area contributed by atoms with Crippen molar-refractivity contribution >= 4 is 0 Å². The number of para-hydroxylation sites is 1. The Bertz CT molecular complexity index is 352. The summed E-state index contributed by atoms with van der Waals surface area (Å²) in [6.07, 6.45) is 6.97. The monoisotopic (exact) mass is 201 g/mol. The molecule has 0 unspecified atom stereocenters. The minimum absolute atomic E-state index is 0.304. The van der Waals surface area contributed by atoms with E-state index in [1.165, 1.54) is 0 Å². The topological polar surface area (TPSA) is 21.3 Å². The van der Waals surface area contributed by atoms with Crippen molar-refractivity contribution in [3.63, 3.8) is 0 Å². The molecule has 1 rings (SSSR count). The molecular weight excluding hydrogens is 186 g/mol. The molecule has 0 fully saturated rings. The third-order valence-corrected chi connectivity index (χ3v) is 1.89. The molecule has 0 atom stereocenters. The van der Waals surface area contributed by atoms with Gasteiger partial charge in [0.15, 0.2) is 0 Å².